The van der Waals surface area contributed by atoms with Gasteiger partial charge in [0.05, 0.1) is 13.4 Å². The van der Waals surface area contributed by atoms with E-state index in [1.54, 1.807) is 0 Å². The maximum Gasteiger partial charge on any atom is 0.384 e. The van der Waals surface area contributed by atoms with Crippen molar-refractivity contribution in [3.05, 3.63) is 28.4 Å². The second kappa shape index (κ2) is 4.07. The quantitative estimate of drug-likeness (QED) is 0.421. The molecule has 0 amide bonds. The Hall–Kier alpha value is -2.09. The molecule has 0 fully saturated rings. The van der Waals surface area contributed by atoms with Crippen LogP contribution in [0.5, 0.6) is 0 Å². The van der Waals surface area contributed by atoms with Gasteiger partial charge >= 0.3 is 5.97 Å². The average molecular weight is 178 g/mol. The van der Waals surface area contributed by atoms with Gasteiger partial charge in [0.25, 0.3) is 5.56 Å². The number of carbonyl (C=O) groups excluding carboxylic acids is 1. The Bertz CT molecular complexity index is 425. The molecule has 0 unspecified atom stereocenters. The topological polar surface area (TPSA) is 72.0 Å². The molecule has 1 heterocycles. The summed E-state index contributed by atoms with van der Waals surface area (Å²) >= 11 is 0. The van der Waals surface area contributed by atoms with Crippen molar-refractivity contribution in [2.45, 2.75) is 0 Å². The lowest BCUT2D eigenvalue weighted by Gasteiger charge is -1.86. The number of aromatic amines is 1. The highest BCUT2D eigenvalue weighted by molar-refractivity contribution is 5.88. The Kier molecular flexibility index (Phi) is 2.82. The fraction of sp³-hybridized carbons (Fsp3) is 0.125. The first-order valence-electron chi connectivity index (χ1n) is 3.36. The summed E-state index contributed by atoms with van der Waals surface area (Å²) < 4.78 is 4.27. The maximum absolute atomic E-state index is 11.0. The van der Waals surface area contributed by atoms with Crippen LogP contribution in [0.2, 0.25) is 0 Å². The predicted molar refractivity (Wildman–Crippen MR) is 43.8 cm³/mol. The normalized spacial score (nSPS) is 8.38. The largest absolute Gasteiger partial charge is 0.459 e. The van der Waals surface area contributed by atoms with Crippen molar-refractivity contribution in [2.24, 2.45) is 0 Å². The number of nitrogens with one attached hydrogen (secondary N) is 1. The number of carbonyl (C=O) groups is 1. The number of H-pyrrole nitrogens is 1. The van der Waals surface area contributed by atoms with Crippen LogP contribution in [0.15, 0.2) is 17.3 Å². The van der Waals surface area contributed by atoms with E-state index in [2.05, 4.69) is 26.5 Å². The number of hydrogen-bond donors (Lipinski definition) is 1. The van der Waals surface area contributed by atoms with E-state index in [1.165, 1.54) is 19.6 Å². The maximum atomic E-state index is 11.0. The number of nitrogens with zero attached hydrogens (tertiary/aromatic N) is 1. The molecule has 0 saturated heterocycles. The summed E-state index contributed by atoms with van der Waals surface area (Å²) in [5.41, 5.74) is -0.251. The third-order valence-corrected chi connectivity index (χ3v) is 1.20. The monoisotopic (exact) mass is 178 g/mol. The van der Waals surface area contributed by atoms with Gasteiger partial charge in [0.1, 0.15) is 5.56 Å². The smallest absolute Gasteiger partial charge is 0.384 e. The van der Waals surface area contributed by atoms with E-state index in [4.69, 9.17) is 0 Å². The predicted octanol–water partition coefficient (Wildman–Crippen LogP) is -0.706. The van der Waals surface area contributed by atoms with Crippen LogP contribution in [0.25, 0.3) is 0 Å². The van der Waals surface area contributed by atoms with Crippen molar-refractivity contribution in [3.63, 3.8) is 0 Å². The molecule has 1 rings (SSSR count). The minimum absolute atomic E-state index is 0.132. The SMILES string of the molecule is COC(=O)C#Cc1cnc[nH]c1=O. The van der Waals surface area contributed by atoms with Crippen molar-refractivity contribution in [1.29, 1.82) is 0 Å². The number of methoxy groups -OCH3 is 1. The molecular formula is C8H6N2O3. The summed E-state index contributed by atoms with van der Waals surface area (Å²) in [6.07, 6.45) is 2.51. The molecule has 0 aliphatic rings. The van der Waals surface area contributed by atoms with Crippen LogP contribution in [-0.4, -0.2) is 23.0 Å². The van der Waals surface area contributed by atoms with Crippen LogP contribution in [-0.2, 0) is 9.53 Å². The van der Waals surface area contributed by atoms with Gasteiger partial charge in [0, 0.05) is 12.1 Å². The van der Waals surface area contributed by atoms with Gasteiger partial charge < -0.3 is 9.72 Å². The second-order valence-electron chi connectivity index (χ2n) is 2.04. The summed E-state index contributed by atoms with van der Waals surface area (Å²) in [7, 11) is 1.21. The van der Waals surface area contributed by atoms with E-state index in [-0.39, 0.29) is 11.1 Å². The van der Waals surface area contributed by atoms with E-state index in [1.807, 2.05) is 0 Å². The molecule has 0 aromatic carbocycles. The van der Waals surface area contributed by atoms with Gasteiger partial charge in [0.2, 0.25) is 0 Å². The summed E-state index contributed by atoms with van der Waals surface area (Å²) in [5, 5.41) is 0. The van der Waals surface area contributed by atoms with Gasteiger partial charge in [-0.05, 0) is 5.92 Å². The molecular weight excluding hydrogens is 172 g/mol. The fourth-order valence-electron chi connectivity index (χ4n) is 0.603. The number of rotatable bonds is 0. The third kappa shape index (κ3) is 2.45. The van der Waals surface area contributed by atoms with E-state index >= 15 is 0 Å². The first kappa shape index (κ1) is 9.00. The van der Waals surface area contributed by atoms with Crippen LogP contribution in [0.3, 0.4) is 0 Å². The van der Waals surface area contributed by atoms with Gasteiger partial charge in [-0.1, -0.05) is 0 Å². The highest BCUT2D eigenvalue weighted by Gasteiger charge is 1.94. The van der Waals surface area contributed by atoms with Crippen LogP contribution >= 0.6 is 0 Å². The molecule has 5 nitrogen and oxygen atoms in total. The summed E-state index contributed by atoms with van der Waals surface area (Å²) in [5.74, 6) is 3.76. The molecule has 66 valence electrons. The third-order valence-electron chi connectivity index (χ3n) is 1.20. The standard InChI is InChI=1S/C8H6N2O3/c1-13-7(11)3-2-6-4-9-5-10-8(6)12/h4-5H,1H3,(H,9,10,12). The van der Waals surface area contributed by atoms with Gasteiger partial charge in [0.15, 0.2) is 0 Å². The summed E-state index contributed by atoms with van der Waals surface area (Å²) in [6, 6.07) is 0. The molecule has 5 heteroatoms. The Morgan fingerprint density at radius 2 is 2.46 bits per heavy atom. The van der Waals surface area contributed by atoms with E-state index < -0.39 is 5.97 Å². The minimum atomic E-state index is -0.691. The van der Waals surface area contributed by atoms with E-state index in [9.17, 15) is 9.59 Å². The molecule has 1 aromatic heterocycles. The molecule has 0 spiro atoms. The first-order chi connectivity index (χ1) is 6.24. The Morgan fingerprint density at radius 3 is 3.08 bits per heavy atom. The zero-order chi connectivity index (χ0) is 9.68. The molecule has 0 atom stereocenters. The zero-order valence-electron chi connectivity index (χ0n) is 6.83. The Labute approximate surface area is 73.8 Å². The molecule has 0 aliphatic carbocycles. The lowest BCUT2D eigenvalue weighted by Crippen LogP contribution is -2.09. The molecule has 0 saturated carbocycles. The van der Waals surface area contributed by atoms with Crippen LogP contribution in [0, 0.1) is 11.8 Å². The van der Waals surface area contributed by atoms with Crippen LogP contribution in [0.1, 0.15) is 5.56 Å². The summed E-state index contributed by atoms with van der Waals surface area (Å²) in [4.78, 5) is 27.5. The first-order valence-corrected chi connectivity index (χ1v) is 3.36. The molecule has 13 heavy (non-hydrogen) atoms. The average Bonchev–Trinajstić information content (AvgIpc) is 2.16. The number of aromatic nitrogens is 2. The van der Waals surface area contributed by atoms with Gasteiger partial charge in [-0.3, -0.25) is 4.79 Å². The molecule has 1 aromatic rings. The lowest BCUT2D eigenvalue weighted by atomic mass is 10.3. The van der Waals surface area contributed by atoms with Crippen molar-refractivity contribution in [2.75, 3.05) is 7.11 Å². The van der Waals surface area contributed by atoms with Gasteiger partial charge in [-0.25, -0.2) is 9.78 Å². The molecule has 0 aliphatic heterocycles. The highest BCUT2D eigenvalue weighted by atomic mass is 16.5. The van der Waals surface area contributed by atoms with Gasteiger partial charge in [-0.2, -0.15) is 0 Å². The van der Waals surface area contributed by atoms with Crippen LogP contribution < -0.4 is 5.56 Å². The molecule has 0 bridgehead atoms. The summed E-state index contributed by atoms with van der Waals surface area (Å²) in [6.45, 7) is 0. The number of hydrogen-bond acceptors (Lipinski definition) is 4. The molecule has 0 radical (unpaired) electrons. The van der Waals surface area contributed by atoms with Crippen molar-refractivity contribution < 1.29 is 9.53 Å². The number of ether oxygens (including phenoxy) is 1. The lowest BCUT2D eigenvalue weighted by molar-refractivity contribution is -0.133. The van der Waals surface area contributed by atoms with Crippen molar-refractivity contribution in [1.82, 2.24) is 9.97 Å². The fourth-order valence-corrected chi connectivity index (χ4v) is 0.603. The van der Waals surface area contributed by atoms with Gasteiger partial charge in [-0.15, -0.1) is 0 Å². The van der Waals surface area contributed by atoms with Crippen molar-refractivity contribution in [3.8, 4) is 11.8 Å². The number of esters is 1. The Balaban J connectivity index is 2.96. The zero-order valence-corrected chi connectivity index (χ0v) is 6.83. The van der Waals surface area contributed by atoms with E-state index in [0.29, 0.717) is 0 Å². The van der Waals surface area contributed by atoms with Crippen LogP contribution in [0.4, 0.5) is 0 Å². The van der Waals surface area contributed by atoms with E-state index in [0.717, 1.165) is 0 Å². The minimum Gasteiger partial charge on any atom is -0.459 e. The molecule has 1 N–H and O–H groups in total. The highest BCUT2D eigenvalue weighted by Crippen LogP contribution is 1.80. The van der Waals surface area contributed by atoms with Crippen molar-refractivity contribution >= 4 is 5.97 Å². The second-order valence-corrected chi connectivity index (χ2v) is 2.04. The Morgan fingerprint density at radius 1 is 1.69 bits per heavy atom.